The number of carbonyl (C=O) groups excluding carboxylic acids is 3. The van der Waals surface area contributed by atoms with Gasteiger partial charge in [0.1, 0.15) is 0 Å². The SMILES string of the molecule is CCNC(=O)CCCN1C(=O)S/C(=C\c2ccn(-c3ccc([N+](=O)[O-])cc3)n2)C1=O. The van der Waals surface area contributed by atoms with E-state index in [2.05, 4.69) is 10.4 Å². The summed E-state index contributed by atoms with van der Waals surface area (Å²) in [7, 11) is 0. The summed E-state index contributed by atoms with van der Waals surface area (Å²) in [6.45, 7) is 2.54. The Morgan fingerprint density at radius 2 is 2.00 bits per heavy atom. The van der Waals surface area contributed by atoms with Gasteiger partial charge in [-0.15, -0.1) is 0 Å². The highest BCUT2D eigenvalue weighted by Gasteiger charge is 2.34. The fraction of sp³-hybridized carbons (Fsp3) is 0.263. The van der Waals surface area contributed by atoms with Gasteiger partial charge in [-0.3, -0.25) is 29.4 Å². The van der Waals surface area contributed by atoms with Crippen molar-refractivity contribution in [2.75, 3.05) is 13.1 Å². The van der Waals surface area contributed by atoms with Gasteiger partial charge in [0.05, 0.1) is 21.2 Å². The number of amides is 3. The van der Waals surface area contributed by atoms with Gasteiger partial charge in [-0.2, -0.15) is 5.10 Å². The van der Waals surface area contributed by atoms with E-state index >= 15 is 0 Å². The number of imide groups is 1. The molecule has 1 aliphatic heterocycles. The van der Waals surface area contributed by atoms with Gasteiger partial charge in [-0.05, 0) is 49.4 Å². The molecule has 0 spiro atoms. The molecule has 3 rings (SSSR count). The first-order chi connectivity index (χ1) is 14.4. The third-order valence-corrected chi connectivity index (χ3v) is 5.15. The van der Waals surface area contributed by atoms with E-state index in [1.54, 1.807) is 24.4 Å². The highest BCUT2D eigenvalue weighted by molar-refractivity contribution is 8.18. The lowest BCUT2D eigenvalue weighted by molar-refractivity contribution is -0.384. The van der Waals surface area contributed by atoms with Gasteiger partial charge in [0.15, 0.2) is 0 Å². The number of hydrogen-bond acceptors (Lipinski definition) is 7. The Bertz CT molecular complexity index is 1010. The Balaban J connectivity index is 1.66. The smallest absolute Gasteiger partial charge is 0.293 e. The number of hydrogen-bond donors (Lipinski definition) is 1. The van der Waals surface area contributed by atoms with Crippen LogP contribution in [0.3, 0.4) is 0 Å². The van der Waals surface area contributed by atoms with Crippen LogP contribution < -0.4 is 5.32 Å². The van der Waals surface area contributed by atoms with Gasteiger partial charge in [0.2, 0.25) is 5.91 Å². The summed E-state index contributed by atoms with van der Waals surface area (Å²) in [6, 6.07) is 7.56. The van der Waals surface area contributed by atoms with Crippen LogP contribution in [0.25, 0.3) is 11.8 Å². The number of thioether (sulfide) groups is 1. The zero-order chi connectivity index (χ0) is 21.7. The number of rotatable bonds is 8. The van der Waals surface area contributed by atoms with Crippen LogP contribution in [0.1, 0.15) is 25.5 Å². The Kier molecular flexibility index (Phi) is 6.62. The minimum absolute atomic E-state index is 0.0213. The highest BCUT2D eigenvalue weighted by atomic mass is 32.2. The predicted molar refractivity (Wildman–Crippen MR) is 111 cm³/mol. The Morgan fingerprint density at radius 3 is 2.67 bits per heavy atom. The zero-order valence-electron chi connectivity index (χ0n) is 16.1. The molecule has 2 heterocycles. The van der Waals surface area contributed by atoms with E-state index in [-0.39, 0.29) is 34.7 Å². The average Bonchev–Trinajstić information content (AvgIpc) is 3.28. The van der Waals surface area contributed by atoms with Crippen molar-refractivity contribution in [1.29, 1.82) is 0 Å². The summed E-state index contributed by atoms with van der Waals surface area (Å²) in [5.41, 5.74) is 1.08. The van der Waals surface area contributed by atoms with Gasteiger partial charge in [-0.1, -0.05) is 0 Å². The Labute approximate surface area is 176 Å². The number of nitrogens with zero attached hydrogens (tertiary/aromatic N) is 4. The Morgan fingerprint density at radius 1 is 1.27 bits per heavy atom. The normalized spacial score (nSPS) is 15.1. The van der Waals surface area contributed by atoms with E-state index in [4.69, 9.17) is 0 Å². The van der Waals surface area contributed by atoms with E-state index in [1.165, 1.54) is 22.9 Å². The maximum Gasteiger partial charge on any atom is 0.293 e. The largest absolute Gasteiger partial charge is 0.356 e. The monoisotopic (exact) mass is 429 g/mol. The molecule has 0 atom stereocenters. The molecule has 1 aromatic heterocycles. The molecular formula is C19H19N5O5S. The van der Waals surface area contributed by atoms with Crippen LogP contribution in [0.5, 0.6) is 0 Å². The summed E-state index contributed by atoms with van der Waals surface area (Å²) < 4.78 is 1.52. The molecule has 1 aliphatic rings. The quantitative estimate of drug-likeness (QED) is 0.388. The highest BCUT2D eigenvalue weighted by Crippen LogP contribution is 2.32. The molecule has 3 amide bonds. The van der Waals surface area contributed by atoms with E-state index in [0.29, 0.717) is 24.3 Å². The van der Waals surface area contributed by atoms with Gasteiger partial charge in [0, 0.05) is 37.8 Å². The molecule has 0 bridgehead atoms. The van der Waals surface area contributed by atoms with Gasteiger partial charge >= 0.3 is 0 Å². The topological polar surface area (TPSA) is 127 Å². The molecule has 156 valence electrons. The van der Waals surface area contributed by atoms with E-state index < -0.39 is 10.8 Å². The lowest BCUT2D eigenvalue weighted by Gasteiger charge is -2.11. The lowest BCUT2D eigenvalue weighted by Crippen LogP contribution is -2.30. The number of non-ortho nitro benzene ring substituents is 1. The van der Waals surface area contributed by atoms with Gasteiger partial charge in [0.25, 0.3) is 16.8 Å². The third-order valence-electron chi connectivity index (χ3n) is 4.25. The van der Waals surface area contributed by atoms with Crippen LogP contribution in [0, 0.1) is 10.1 Å². The van der Waals surface area contributed by atoms with Crippen LogP contribution in [-0.4, -0.2) is 49.7 Å². The van der Waals surface area contributed by atoms with Crippen molar-refractivity contribution in [2.24, 2.45) is 0 Å². The van der Waals surface area contributed by atoms with Gasteiger partial charge in [-0.25, -0.2) is 4.68 Å². The second-order valence-electron chi connectivity index (χ2n) is 6.35. The first-order valence-electron chi connectivity index (χ1n) is 9.21. The van der Waals surface area contributed by atoms with Crippen molar-refractivity contribution in [2.45, 2.75) is 19.8 Å². The third kappa shape index (κ3) is 4.92. The molecule has 1 aromatic carbocycles. The van der Waals surface area contributed by atoms with Crippen LogP contribution >= 0.6 is 11.8 Å². The lowest BCUT2D eigenvalue weighted by atomic mass is 10.2. The summed E-state index contributed by atoms with van der Waals surface area (Å²) >= 11 is 0.830. The second-order valence-corrected chi connectivity index (χ2v) is 7.34. The van der Waals surface area contributed by atoms with Crippen LogP contribution in [-0.2, 0) is 9.59 Å². The number of aromatic nitrogens is 2. The number of nitro benzene ring substituents is 1. The fourth-order valence-corrected chi connectivity index (χ4v) is 3.65. The van der Waals surface area contributed by atoms with Gasteiger partial charge < -0.3 is 5.32 Å². The summed E-state index contributed by atoms with van der Waals surface area (Å²) in [5, 5.41) is 17.4. The molecule has 1 saturated heterocycles. The second kappa shape index (κ2) is 9.35. The summed E-state index contributed by atoms with van der Waals surface area (Å²) in [6.07, 6.45) is 3.82. The Hall–Kier alpha value is -3.47. The molecule has 2 aromatic rings. The molecule has 0 aliphatic carbocycles. The van der Waals surface area contributed by atoms with Crippen molar-refractivity contribution in [1.82, 2.24) is 20.0 Å². The number of carbonyl (C=O) groups is 3. The minimum Gasteiger partial charge on any atom is -0.356 e. The van der Waals surface area contributed by atoms with Crippen molar-refractivity contribution in [3.05, 3.63) is 57.2 Å². The minimum atomic E-state index is -0.482. The van der Waals surface area contributed by atoms with E-state index in [0.717, 1.165) is 16.7 Å². The standard InChI is InChI=1S/C19H19N5O5S/c1-2-20-17(25)4-3-10-22-18(26)16(30-19(22)27)12-13-9-11-23(21-13)14-5-7-15(8-6-14)24(28)29/h5-9,11-12H,2-4,10H2,1H3,(H,20,25)/b16-12-. The molecule has 10 nitrogen and oxygen atoms in total. The maximum atomic E-state index is 12.5. The first-order valence-corrected chi connectivity index (χ1v) is 10.0. The van der Waals surface area contributed by atoms with Crippen molar-refractivity contribution < 1.29 is 19.3 Å². The molecule has 0 radical (unpaired) electrons. The fourth-order valence-electron chi connectivity index (χ4n) is 2.80. The maximum absolute atomic E-state index is 12.5. The molecule has 0 saturated carbocycles. The summed E-state index contributed by atoms with van der Waals surface area (Å²) in [5.74, 6) is -0.525. The molecular weight excluding hydrogens is 410 g/mol. The van der Waals surface area contributed by atoms with Crippen LogP contribution in [0.2, 0.25) is 0 Å². The molecule has 0 unspecified atom stereocenters. The number of nitrogens with one attached hydrogen (secondary N) is 1. The molecule has 30 heavy (non-hydrogen) atoms. The predicted octanol–water partition coefficient (Wildman–Crippen LogP) is 2.73. The van der Waals surface area contributed by atoms with Crippen LogP contribution in [0.4, 0.5) is 10.5 Å². The molecule has 11 heteroatoms. The van der Waals surface area contributed by atoms with Crippen molar-refractivity contribution in [3.8, 4) is 5.69 Å². The summed E-state index contributed by atoms with van der Waals surface area (Å²) in [4.78, 5) is 47.8. The van der Waals surface area contributed by atoms with E-state index in [1.807, 2.05) is 6.92 Å². The molecule has 1 fully saturated rings. The zero-order valence-corrected chi connectivity index (χ0v) is 16.9. The van der Waals surface area contributed by atoms with Crippen molar-refractivity contribution in [3.63, 3.8) is 0 Å². The first kappa shape index (κ1) is 21.2. The number of nitro groups is 1. The van der Waals surface area contributed by atoms with Crippen LogP contribution in [0.15, 0.2) is 41.4 Å². The number of benzene rings is 1. The van der Waals surface area contributed by atoms with Crippen molar-refractivity contribution >= 4 is 40.6 Å². The van der Waals surface area contributed by atoms with E-state index in [9.17, 15) is 24.5 Å². The average molecular weight is 429 g/mol. The molecule has 1 N–H and O–H groups in total.